The first kappa shape index (κ1) is 25.3. The van der Waals surface area contributed by atoms with E-state index in [1.807, 2.05) is 58.0 Å². The van der Waals surface area contributed by atoms with Crippen molar-refractivity contribution in [3.63, 3.8) is 0 Å². The standard InChI is InChI=1S/C26H33N7O3/c1-17-14-18(2)28-26(27-17)33-20(4)23(19(3)30-33)15-25(35)31(5)16-24(34)29-21-6-8-22(9-7-21)32-10-12-36-13-11-32/h6-9,14H,10-13,15-16H2,1-5H3,(H,29,34). The topological polar surface area (TPSA) is 105 Å². The summed E-state index contributed by atoms with van der Waals surface area (Å²) in [7, 11) is 1.63. The number of likely N-dealkylation sites (N-methyl/N-ethyl adjacent to an activating group) is 1. The minimum Gasteiger partial charge on any atom is -0.378 e. The fraction of sp³-hybridized carbons (Fsp3) is 0.423. The molecule has 2 amide bonds. The van der Waals surface area contributed by atoms with Crippen LogP contribution in [0.1, 0.15) is 28.3 Å². The Morgan fingerprint density at radius 1 is 1.03 bits per heavy atom. The van der Waals surface area contributed by atoms with Crippen molar-refractivity contribution < 1.29 is 14.3 Å². The van der Waals surface area contributed by atoms with Crippen LogP contribution < -0.4 is 10.2 Å². The van der Waals surface area contributed by atoms with E-state index in [1.54, 1.807) is 11.7 Å². The van der Waals surface area contributed by atoms with Gasteiger partial charge in [0.15, 0.2) is 0 Å². The number of nitrogens with zero attached hydrogens (tertiary/aromatic N) is 6. The van der Waals surface area contributed by atoms with Crippen LogP contribution in [0.3, 0.4) is 0 Å². The molecule has 0 spiro atoms. The highest BCUT2D eigenvalue weighted by atomic mass is 16.5. The van der Waals surface area contributed by atoms with Crippen molar-refractivity contribution in [2.75, 3.05) is 50.1 Å². The van der Waals surface area contributed by atoms with Gasteiger partial charge in [-0.05, 0) is 58.0 Å². The zero-order valence-electron chi connectivity index (χ0n) is 21.5. The number of anilines is 2. The van der Waals surface area contributed by atoms with Gasteiger partial charge in [-0.15, -0.1) is 0 Å². The number of hydrogen-bond donors (Lipinski definition) is 1. The molecule has 0 unspecified atom stereocenters. The van der Waals surface area contributed by atoms with Gasteiger partial charge in [0.2, 0.25) is 11.8 Å². The highest BCUT2D eigenvalue weighted by Crippen LogP contribution is 2.20. The normalized spacial score (nSPS) is 13.5. The summed E-state index contributed by atoms with van der Waals surface area (Å²) in [5.41, 5.74) is 5.85. The summed E-state index contributed by atoms with van der Waals surface area (Å²) in [6.07, 6.45) is 0.139. The summed E-state index contributed by atoms with van der Waals surface area (Å²) >= 11 is 0. The number of aryl methyl sites for hydroxylation is 3. The third-order valence-electron chi connectivity index (χ3n) is 6.26. The van der Waals surface area contributed by atoms with E-state index in [2.05, 4.69) is 25.3 Å². The quantitative estimate of drug-likeness (QED) is 0.541. The lowest BCUT2D eigenvalue weighted by Gasteiger charge is -2.28. The number of carbonyl (C=O) groups is 2. The molecule has 0 atom stereocenters. The number of hydrogen-bond acceptors (Lipinski definition) is 7. The van der Waals surface area contributed by atoms with Gasteiger partial charge in [-0.1, -0.05) is 0 Å². The van der Waals surface area contributed by atoms with Crippen LogP contribution in [0.15, 0.2) is 30.3 Å². The largest absolute Gasteiger partial charge is 0.378 e. The van der Waals surface area contributed by atoms with E-state index in [0.717, 1.165) is 60.3 Å². The number of benzene rings is 1. The number of morpholine rings is 1. The first-order valence-corrected chi connectivity index (χ1v) is 12.1. The Morgan fingerprint density at radius 3 is 2.31 bits per heavy atom. The molecule has 3 aromatic rings. The highest BCUT2D eigenvalue weighted by molar-refractivity contribution is 5.94. The van der Waals surface area contributed by atoms with E-state index in [0.29, 0.717) is 11.6 Å². The summed E-state index contributed by atoms with van der Waals surface area (Å²) in [6.45, 7) is 10.7. The number of aromatic nitrogens is 4. The zero-order valence-corrected chi connectivity index (χ0v) is 21.5. The molecule has 10 heteroatoms. The van der Waals surface area contributed by atoms with Gasteiger partial charge in [0.1, 0.15) is 0 Å². The van der Waals surface area contributed by atoms with Gasteiger partial charge in [0, 0.05) is 54.2 Å². The Hall–Kier alpha value is -3.79. The molecule has 0 bridgehead atoms. The van der Waals surface area contributed by atoms with Crippen LogP contribution in [0, 0.1) is 27.7 Å². The molecule has 0 aliphatic carbocycles. The van der Waals surface area contributed by atoms with Crippen LogP contribution in [0.4, 0.5) is 11.4 Å². The van der Waals surface area contributed by atoms with Crippen molar-refractivity contribution in [2.24, 2.45) is 0 Å². The molecule has 1 aromatic carbocycles. The van der Waals surface area contributed by atoms with Crippen LogP contribution in [-0.4, -0.2) is 76.4 Å². The average molecular weight is 492 g/mol. The molecule has 3 heterocycles. The number of carbonyl (C=O) groups excluding carboxylic acids is 2. The molecule has 1 aliphatic heterocycles. The molecule has 190 valence electrons. The monoisotopic (exact) mass is 491 g/mol. The van der Waals surface area contributed by atoms with Gasteiger partial charge in [-0.2, -0.15) is 5.10 Å². The van der Waals surface area contributed by atoms with Gasteiger partial charge < -0.3 is 19.9 Å². The van der Waals surface area contributed by atoms with Crippen LogP contribution in [-0.2, 0) is 20.7 Å². The molecular formula is C26H33N7O3. The van der Waals surface area contributed by atoms with Crippen molar-refractivity contribution in [3.8, 4) is 5.95 Å². The molecule has 0 radical (unpaired) electrons. The van der Waals surface area contributed by atoms with E-state index in [9.17, 15) is 9.59 Å². The van der Waals surface area contributed by atoms with E-state index >= 15 is 0 Å². The molecule has 0 saturated carbocycles. The fourth-order valence-corrected chi connectivity index (χ4v) is 4.30. The van der Waals surface area contributed by atoms with E-state index in [1.165, 1.54) is 4.90 Å². The Labute approximate surface area is 211 Å². The Kier molecular flexibility index (Phi) is 7.64. The Bertz CT molecular complexity index is 1230. The van der Waals surface area contributed by atoms with Crippen molar-refractivity contribution in [2.45, 2.75) is 34.1 Å². The average Bonchev–Trinajstić information content (AvgIpc) is 3.12. The first-order chi connectivity index (χ1) is 17.2. The lowest BCUT2D eigenvalue weighted by molar-refractivity contribution is -0.132. The van der Waals surface area contributed by atoms with Gasteiger partial charge in [0.25, 0.3) is 5.95 Å². The van der Waals surface area contributed by atoms with Crippen molar-refractivity contribution >= 4 is 23.2 Å². The second-order valence-electron chi connectivity index (χ2n) is 9.13. The van der Waals surface area contributed by atoms with E-state index in [4.69, 9.17) is 4.74 Å². The Morgan fingerprint density at radius 2 is 1.67 bits per heavy atom. The molecule has 1 aliphatic rings. The molecule has 1 N–H and O–H groups in total. The molecule has 10 nitrogen and oxygen atoms in total. The van der Waals surface area contributed by atoms with Gasteiger partial charge in [0.05, 0.1) is 31.9 Å². The number of amides is 2. The summed E-state index contributed by atoms with van der Waals surface area (Å²) < 4.78 is 7.06. The molecule has 4 rings (SSSR count). The maximum absolute atomic E-state index is 12.9. The number of nitrogens with one attached hydrogen (secondary N) is 1. The van der Waals surface area contributed by atoms with Crippen LogP contribution in [0.2, 0.25) is 0 Å². The third-order valence-corrected chi connectivity index (χ3v) is 6.26. The van der Waals surface area contributed by atoms with Crippen LogP contribution >= 0.6 is 0 Å². The summed E-state index contributed by atoms with van der Waals surface area (Å²) in [6, 6.07) is 9.62. The second-order valence-corrected chi connectivity index (χ2v) is 9.13. The number of ether oxygens (including phenoxy) is 1. The summed E-state index contributed by atoms with van der Waals surface area (Å²) in [4.78, 5) is 38.2. The van der Waals surface area contributed by atoms with Crippen molar-refractivity contribution in [3.05, 3.63) is 58.7 Å². The smallest absolute Gasteiger partial charge is 0.251 e. The summed E-state index contributed by atoms with van der Waals surface area (Å²) in [5, 5.41) is 7.44. The molecule has 1 fully saturated rings. The zero-order chi connectivity index (χ0) is 25.8. The van der Waals surface area contributed by atoms with Crippen LogP contribution in [0.5, 0.6) is 0 Å². The Balaban J connectivity index is 1.35. The van der Waals surface area contributed by atoms with Gasteiger partial charge in [-0.3, -0.25) is 9.59 Å². The van der Waals surface area contributed by atoms with Crippen molar-refractivity contribution in [1.29, 1.82) is 0 Å². The second kappa shape index (κ2) is 10.9. The summed E-state index contributed by atoms with van der Waals surface area (Å²) in [5.74, 6) is 0.0665. The van der Waals surface area contributed by atoms with E-state index < -0.39 is 0 Å². The maximum Gasteiger partial charge on any atom is 0.251 e. The van der Waals surface area contributed by atoms with Gasteiger partial charge >= 0.3 is 0 Å². The van der Waals surface area contributed by atoms with E-state index in [-0.39, 0.29) is 24.8 Å². The fourth-order valence-electron chi connectivity index (χ4n) is 4.30. The minimum absolute atomic E-state index is 0.0452. The molecule has 1 saturated heterocycles. The lowest BCUT2D eigenvalue weighted by atomic mass is 10.1. The number of rotatable bonds is 7. The SMILES string of the molecule is Cc1cc(C)nc(-n2nc(C)c(CC(=O)N(C)CC(=O)Nc3ccc(N4CCOCC4)cc3)c2C)n1. The predicted molar refractivity (Wildman–Crippen MR) is 138 cm³/mol. The molecule has 2 aromatic heterocycles. The highest BCUT2D eigenvalue weighted by Gasteiger charge is 2.21. The van der Waals surface area contributed by atoms with Crippen LogP contribution in [0.25, 0.3) is 5.95 Å². The molecule has 36 heavy (non-hydrogen) atoms. The maximum atomic E-state index is 12.9. The molecular weight excluding hydrogens is 458 g/mol. The van der Waals surface area contributed by atoms with Gasteiger partial charge in [-0.25, -0.2) is 14.6 Å². The first-order valence-electron chi connectivity index (χ1n) is 12.1. The minimum atomic E-state index is -0.252. The predicted octanol–water partition coefficient (Wildman–Crippen LogP) is 2.37. The third kappa shape index (κ3) is 5.88. The lowest BCUT2D eigenvalue weighted by Crippen LogP contribution is -2.36. The van der Waals surface area contributed by atoms with Crippen molar-refractivity contribution in [1.82, 2.24) is 24.6 Å².